The van der Waals surface area contributed by atoms with E-state index in [0.29, 0.717) is 30.6 Å². The van der Waals surface area contributed by atoms with Gasteiger partial charge in [0.1, 0.15) is 5.75 Å². The molecule has 8 nitrogen and oxygen atoms in total. The Labute approximate surface area is 173 Å². The first-order valence-electron chi connectivity index (χ1n) is 9.71. The number of fused-ring (bicyclic) bond motifs is 1. The fourth-order valence-corrected chi connectivity index (χ4v) is 3.73. The topological polar surface area (TPSA) is 97.5 Å². The maximum atomic E-state index is 12.8. The molecule has 0 radical (unpaired) electrons. The van der Waals surface area contributed by atoms with Crippen molar-refractivity contribution in [1.82, 2.24) is 19.7 Å². The van der Waals surface area contributed by atoms with Gasteiger partial charge in [-0.1, -0.05) is 12.1 Å². The molecule has 0 unspecified atom stereocenters. The van der Waals surface area contributed by atoms with Gasteiger partial charge in [-0.25, -0.2) is 4.79 Å². The first-order valence-corrected chi connectivity index (χ1v) is 9.71. The molecule has 3 heterocycles. The van der Waals surface area contributed by atoms with Gasteiger partial charge in [0.15, 0.2) is 5.69 Å². The number of pyridine rings is 1. The van der Waals surface area contributed by atoms with Gasteiger partial charge in [0.05, 0.1) is 13.7 Å². The second-order valence-corrected chi connectivity index (χ2v) is 7.11. The predicted octanol–water partition coefficient (Wildman–Crippen LogP) is 2.43. The van der Waals surface area contributed by atoms with Crippen LogP contribution in [0, 0.1) is 0 Å². The summed E-state index contributed by atoms with van der Waals surface area (Å²) >= 11 is 0. The lowest BCUT2D eigenvalue weighted by Gasteiger charge is -2.27. The summed E-state index contributed by atoms with van der Waals surface area (Å²) in [7, 11) is 1.63. The van der Waals surface area contributed by atoms with Crippen LogP contribution < -0.4 is 4.74 Å². The Kier molecular flexibility index (Phi) is 5.47. The molecule has 1 aliphatic rings. The van der Waals surface area contributed by atoms with Crippen molar-refractivity contribution in [3.63, 3.8) is 0 Å². The van der Waals surface area contributed by atoms with Gasteiger partial charge >= 0.3 is 5.97 Å². The molecule has 1 N–H and O–H groups in total. The number of carboxylic acids is 1. The third-order valence-electron chi connectivity index (χ3n) is 5.32. The number of ether oxygens (including phenoxy) is 1. The molecule has 8 heteroatoms. The van der Waals surface area contributed by atoms with E-state index in [9.17, 15) is 14.7 Å². The Bertz CT molecular complexity index is 1060. The van der Waals surface area contributed by atoms with Gasteiger partial charge < -0.3 is 14.7 Å². The summed E-state index contributed by atoms with van der Waals surface area (Å²) in [4.78, 5) is 30.2. The van der Waals surface area contributed by atoms with Crippen molar-refractivity contribution in [2.45, 2.75) is 25.9 Å². The van der Waals surface area contributed by atoms with Crippen molar-refractivity contribution >= 4 is 11.9 Å². The maximum absolute atomic E-state index is 12.8. The predicted molar refractivity (Wildman–Crippen MR) is 109 cm³/mol. The highest BCUT2D eigenvalue weighted by atomic mass is 16.5. The molecule has 1 aromatic carbocycles. The Morgan fingerprint density at radius 2 is 1.87 bits per heavy atom. The molecular weight excluding hydrogens is 384 g/mol. The molecular formula is C22H22N4O4. The van der Waals surface area contributed by atoms with Gasteiger partial charge in [-0.15, -0.1) is 0 Å². The SMILES string of the molecule is COc1ccc(CCn2nc(C(=O)O)c3c2CCN(C(=O)c2ccncc2)C3)cc1. The number of carbonyl (C=O) groups is 2. The van der Waals surface area contributed by atoms with E-state index < -0.39 is 5.97 Å². The normalized spacial score (nSPS) is 13.0. The Morgan fingerprint density at radius 3 is 2.53 bits per heavy atom. The van der Waals surface area contributed by atoms with Crippen LogP contribution in [0.15, 0.2) is 48.8 Å². The quantitative estimate of drug-likeness (QED) is 0.675. The van der Waals surface area contributed by atoms with Crippen LogP contribution in [0.5, 0.6) is 5.75 Å². The monoisotopic (exact) mass is 406 g/mol. The molecule has 2 aromatic heterocycles. The van der Waals surface area contributed by atoms with E-state index in [1.165, 1.54) is 0 Å². The average Bonchev–Trinajstić information content (AvgIpc) is 3.16. The Hall–Kier alpha value is -3.68. The highest BCUT2D eigenvalue weighted by molar-refractivity contribution is 5.94. The van der Waals surface area contributed by atoms with Crippen LogP contribution in [0.1, 0.15) is 37.7 Å². The molecule has 3 aromatic rings. The average molecular weight is 406 g/mol. The number of methoxy groups -OCH3 is 1. The molecule has 0 spiro atoms. The fraction of sp³-hybridized carbons (Fsp3) is 0.273. The van der Waals surface area contributed by atoms with Gasteiger partial charge in [-0.3, -0.25) is 14.5 Å². The molecule has 0 atom stereocenters. The van der Waals surface area contributed by atoms with E-state index in [0.717, 1.165) is 23.4 Å². The molecule has 1 aliphatic heterocycles. The van der Waals surface area contributed by atoms with Crippen LogP contribution in [0.3, 0.4) is 0 Å². The number of aryl methyl sites for hydroxylation is 2. The molecule has 0 fully saturated rings. The number of amides is 1. The molecule has 0 aliphatic carbocycles. The van der Waals surface area contributed by atoms with E-state index in [-0.39, 0.29) is 18.1 Å². The van der Waals surface area contributed by atoms with Gasteiger partial charge in [0.2, 0.25) is 0 Å². The van der Waals surface area contributed by atoms with Crippen molar-refractivity contribution in [3.8, 4) is 5.75 Å². The van der Waals surface area contributed by atoms with E-state index in [1.54, 1.807) is 41.2 Å². The summed E-state index contributed by atoms with van der Waals surface area (Å²) in [5, 5.41) is 14.0. The largest absolute Gasteiger partial charge is 0.497 e. The highest BCUT2D eigenvalue weighted by Gasteiger charge is 2.30. The lowest BCUT2D eigenvalue weighted by molar-refractivity contribution is 0.0674. The van der Waals surface area contributed by atoms with Gasteiger partial charge in [0.25, 0.3) is 5.91 Å². The maximum Gasteiger partial charge on any atom is 0.356 e. The number of carbonyl (C=O) groups excluding carboxylic acids is 1. The van der Waals surface area contributed by atoms with Crippen LogP contribution in [-0.2, 0) is 25.9 Å². The van der Waals surface area contributed by atoms with Crippen molar-refractivity contribution in [1.29, 1.82) is 0 Å². The van der Waals surface area contributed by atoms with Crippen molar-refractivity contribution in [2.24, 2.45) is 0 Å². The minimum Gasteiger partial charge on any atom is -0.497 e. The zero-order valence-electron chi connectivity index (χ0n) is 16.6. The Morgan fingerprint density at radius 1 is 1.13 bits per heavy atom. The standard InChI is InChI=1S/C22H22N4O4/c1-30-17-4-2-15(3-5-17)8-13-26-19-9-12-25(14-18(19)20(24-26)22(28)29)21(27)16-6-10-23-11-7-16/h2-7,10-11H,8-9,12-14H2,1H3,(H,28,29). The molecule has 154 valence electrons. The van der Waals surface area contributed by atoms with Crippen molar-refractivity contribution in [3.05, 3.63) is 76.9 Å². The first-order chi connectivity index (χ1) is 14.6. The molecule has 30 heavy (non-hydrogen) atoms. The number of hydrogen-bond donors (Lipinski definition) is 1. The number of benzene rings is 1. The summed E-state index contributed by atoms with van der Waals surface area (Å²) in [6.07, 6.45) is 4.43. The number of hydrogen-bond acceptors (Lipinski definition) is 5. The number of rotatable bonds is 6. The third kappa shape index (κ3) is 3.89. The molecule has 0 bridgehead atoms. The summed E-state index contributed by atoms with van der Waals surface area (Å²) in [6.45, 7) is 1.32. The Balaban J connectivity index is 1.54. The summed E-state index contributed by atoms with van der Waals surface area (Å²) in [5.41, 5.74) is 3.18. The van der Waals surface area contributed by atoms with Crippen LogP contribution in [0.4, 0.5) is 0 Å². The smallest absolute Gasteiger partial charge is 0.356 e. The lowest BCUT2D eigenvalue weighted by atomic mass is 10.0. The third-order valence-corrected chi connectivity index (χ3v) is 5.32. The fourth-order valence-electron chi connectivity index (χ4n) is 3.73. The van der Waals surface area contributed by atoms with E-state index >= 15 is 0 Å². The van der Waals surface area contributed by atoms with Crippen LogP contribution in [0.2, 0.25) is 0 Å². The summed E-state index contributed by atoms with van der Waals surface area (Å²) in [6, 6.07) is 11.1. The molecule has 4 rings (SSSR count). The van der Waals surface area contributed by atoms with E-state index in [1.807, 2.05) is 24.3 Å². The summed E-state index contributed by atoms with van der Waals surface area (Å²) in [5.74, 6) is -0.416. The van der Waals surface area contributed by atoms with E-state index in [2.05, 4.69) is 10.1 Å². The number of nitrogens with zero attached hydrogens (tertiary/aromatic N) is 4. The van der Waals surface area contributed by atoms with Gasteiger partial charge in [0, 0.05) is 48.7 Å². The number of carboxylic acid groups (broad SMARTS) is 1. The summed E-state index contributed by atoms with van der Waals surface area (Å²) < 4.78 is 6.95. The minimum atomic E-state index is -1.08. The van der Waals surface area contributed by atoms with Crippen molar-refractivity contribution < 1.29 is 19.4 Å². The highest BCUT2D eigenvalue weighted by Crippen LogP contribution is 2.25. The zero-order valence-corrected chi connectivity index (χ0v) is 16.6. The van der Waals surface area contributed by atoms with Crippen LogP contribution in [0.25, 0.3) is 0 Å². The van der Waals surface area contributed by atoms with Crippen LogP contribution in [-0.4, -0.2) is 50.3 Å². The zero-order chi connectivity index (χ0) is 21.1. The first kappa shape index (κ1) is 19.6. The molecule has 0 saturated carbocycles. The second kappa shape index (κ2) is 8.36. The molecule has 1 amide bonds. The van der Waals surface area contributed by atoms with Crippen LogP contribution >= 0.6 is 0 Å². The van der Waals surface area contributed by atoms with Crippen molar-refractivity contribution in [2.75, 3.05) is 13.7 Å². The molecule has 0 saturated heterocycles. The number of aromatic carboxylic acids is 1. The van der Waals surface area contributed by atoms with Gasteiger partial charge in [-0.05, 0) is 36.2 Å². The minimum absolute atomic E-state index is 0.0203. The lowest BCUT2D eigenvalue weighted by Crippen LogP contribution is -2.36. The number of aromatic nitrogens is 3. The van der Waals surface area contributed by atoms with Gasteiger partial charge in [-0.2, -0.15) is 5.10 Å². The second-order valence-electron chi connectivity index (χ2n) is 7.11. The van der Waals surface area contributed by atoms with E-state index in [4.69, 9.17) is 4.74 Å².